The van der Waals surface area contributed by atoms with Crippen LogP contribution in [0.15, 0.2) is 48.2 Å². The molecule has 2 unspecified atom stereocenters. The predicted octanol–water partition coefficient (Wildman–Crippen LogP) is 4.29. The molecule has 1 aliphatic heterocycles. The number of halogens is 3. The molecule has 1 aliphatic carbocycles. The van der Waals surface area contributed by atoms with Crippen LogP contribution in [0.25, 0.3) is 0 Å². The molecule has 1 aromatic carbocycles. The van der Waals surface area contributed by atoms with Gasteiger partial charge in [0, 0.05) is 11.4 Å². The van der Waals surface area contributed by atoms with Gasteiger partial charge in [0.15, 0.2) is 0 Å². The Labute approximate surface area is 150 Å². The molecule has 3 N–H and O–H groups in total. The molecule has 2 atom stereocenters. The topological polar surface area (TPSA) is 53.2 Å². The zero-order valence-electron chi connectivity index (χ0n) is 14.5. The number of benzene rings is 1. The minimum Gasteiger partial charge on any atom is -0.316 e. The van der Waals surface area contributed by atoms with Gasteiger partial charge < -0.3 is 16.0 Å². The summed E-state index contributed by atoms with van der Waals surface area (Å²) in [5, 5.41) is 8.64. The molecule has 3 rings (SSSR count). The van der Waals surface area contributed by atoms with Crippen LogP contribution in [0.2, 0.25) is 0 Å². The summed E-state index contributed by atoms with van der Waals surface area (Å²) < 4.78 is 37.6. The molecule has 2 aliphatic rings. The summed E-state index contributed by atoms with van der Waals surface area (Å²) in [6, 6.07) is 3.87. The number of allylic oxidation sites excluding steroid dienone is 3. The number of carbonyl (C=O) groups excluding carboxylic acids is 1. The molecule has 0 aromatic heterocycles. The van der Waals surface area contributed by atoms with E-state index in [1.807, 2.05) is 12.2 Å². The molecular formula is C19H22F3N3O. The van der Waals surface area contributed by atoms with Crippen LogP contribution in [-0.4, -0.2) is 19.1 Å². The summed E-state index contributed by atoms with van der Waals surface area (Å²) in [5.41, 5.74) is 0.330. The lowest BCUT2D eigenvalue weighted by molar-refractivity contribution is -0.137. The van der Waals surface area contributed by atoms with Gasteiger partial charge in [0.2, 0.25) is 0 Å². The standard InChI is InChI=1S/C19H22F3N3O/c1-18(14-8-11-23-12-14)9-6-16(7-10-18)25-17(26)24-15-4-2-13(3-5-15)19(20,21)22/h2-7,9,14,23H,8,10-12H2,1H3,(H2,24,25,26). The second-order valence-corrected chi connectivity index (χ2v) is 7.05. The Bertz CT molecular complexity index is 719. The van der Waals surface area contributed by atoms with Crippen molar-refractivity contribution in [2.75, 3.05) is 18.4 Å². The molecule has 0 radical (unpaired) electrons. The highest BCUT2D eigenvalue weighted by molar-refractivity contribution is 5.90. The van der Waals surface area contributed by atoms with Crippen LogP contribution in [0, 0.1) is 11.3 Å². The van der Waals surface area contributed by atoms with Crippen molar-refractivity contribution in [3.63, 3.8) is 0 Å². The molecule has 1 heterocycles. The number of carbonyl (C=O) groups is 1. The van der Waals surface area contributed by atoms with Crippen molar-refractivity contribution >= 4 is 11.7 Å². The maximum atomic E-state index is 12.5. The fourth-order valence-electron chi connectivity index (χ4n) is 3.40. The summed E-state index contributed by atoms with van der Waals surface area (Å²) in [5.74, 6) is 0.581. The van der Waals surface area contributed by atoms with Gasteiger partial charge in [-0.25, -0.2) is 4.79 Å². The Balaban J connectivity index is 1.54. The van der Waals surface area contributed by atoms with E-state index >= 15 is 0 Å². The summed E-state index contributed by atoms with van der Waals surface area (Å²) >= 11 is 0. The third-order valence-corrected chi connectivity index (χ3v) is 5.13. The number of hydrogen-bond donors (Lipinski definition) is 3. The molecule has 2 amide bonds. The van der Waals surface area contributed by atoms with Crippen LogP contribution in [0.5, 0.6) is 0 Å². The van der Waals surface area contributed by atoms with Crippen molar-refractivity contribution < 1.29 is 18.0 Å². The first-order valence-corrected chi connectivity index (χ1v) is 8.62. The van der Waals surface area contributed by atoms with E-state index in [0.29, 0.717) is 17.3 Å². The highest BCUT2D eigenvalue weighted by Gasteiger charge is 2.34. The van der Waals surface area contributed by atoms with E-state index in [0.717, 1.165) is 38.1 Å². The minimum absolute atomic E-state index is 0.0819. The molecule has 1 saturated heterocycles. The smallest absolute Gasteiger partial charge is 0.316 e. The van der Waals surface area contributed by atoms with E-state index in [4.69, 9.17) is 0 Å². The normalized spacial score (nSPS) is 25.7. The second kappa shape index (κ2) is 7.15. The van der Waals surface area contributed by atoms with Crippen molar-refractivity contribution in [2.45, 2.75) is 25.9 Å². The summed E-state index contributed by atoms with van der Waals surface area (Å²) in [6.45, 7) is 4.26. The van der Waals surface area contributed by atoms with Crippen LogP contribution in [0.3, 0.4) is 0 Å². The Morgan fingerprint density at radius 3 is 2.50 bits per heavy atom. The monoisotopic (exact) mass is 365 g/mol. The molecule has 4 nitrogen and oxygen atoms in total. The van der Waals surface area contributed by atoms with Gasteiger partial charge in [0.05, 0.1) is 5.56 Å². The third kappa shape index (κ3) is 4.27. The molecule has 1 aromatic rings. The summed E-state index contributed by atoms with van der Waals surface area (Å²) in [4.78, 5) is 12.1. The van der Waals surface area contributed by atoms with E-state index in [2.05, 4.69) is 29.0 Å². The van der Waals surface area contributed by atoms with Gasteiger partial charge in [-0.1, -0.05) is 19.1 Å². The molecule has 140 valence electrons. The molecule has 7 heteroatoms. The van der Waals surface area contributed by atoms with Gasteiger partial charge in [-0.3, -0.25) is 0 Å². The second-order valence-electron chi connectivity index (χ2n) is 7.05. The SMILES string of the molecule is CC1(C2CCNC2)C=CC(NC(=O)Nc2ccc(C(F)(F)F)cc2)=CC1. The van der Waals surface area contributed by atoms with Crippen LogP contribution >= 0.6 is 0 Å². The Hall–Kier alpha value is -2.28. The average Bonchev–Trinajstić information content (AvgIpc) is 3.12. The Kier molecular flexibility index (Phi) is 5.09. The first-order valence-electron chi connectivity index (χ1n) is 8.62. The first-order chi connectivity index (χ1) is 12.3. The predicted molar refractivity (Wildman–Crippen MR) is 94.5 cm³/mol. The van der Waals surface area contributed by atoms with E-state index in [1.54, 1.807) is 0 Å². The zero-order chi connectivity index (χ0) is 18.8. The fourth-order valence-corrected chi connectivity index (χ4v) is 3.40. The van der Waals surface area contributed by atoms with Crippen LogP contribution in [0.4, 0.5) is 23.7 Å². The largest absolute Gasteiger partial charge is 0.416 e. The molecule has 1 fully saturated rings. The highest BCUT2D eigenvalue weighted by Crippen LogP contribution is 2.39. The van der Waals surface area contributed by atoms with Crippen molar-refractivity contribution in [3.8, 4) is 0 Å². The maximum absolute atomic E-state index is 12.5. The number of amides is 2. The molecule has 26 heavy (non-hydrogen) atoms. The molecule has 0 bridgehead atoms. The van der Waals surface area contributed by atoms with Gasteiger partial charge >= 0.3 is 12.2 Å². The molecule has 0 saturated carbocycles. The van der Waals surface area contributed by atoms with Gasteiger partial charge in [0.1, 0.15) is 0 Å². The zero-order valence-corrected chi connectivity index (χ0v) is 14.5. The number of nitrogens with one attached hydrogen (secondary N) is 3. The number of alkyl halides is 3. The third-order valence-electron chi connectivity index (χ3n) is 5.13. The number of urea groups is 1. The minimum atomic E-state index is -4.39. The van der Waals surface area contributed by atoms with Crippen LogP contribution in [0.1, 0.15) is 25.3 Å². The van der Waals surface area contributed by atoms with E-state index in [-0.39, 0.29) is 5.41 Å². The van der Waals surface area contributed by atoms with Crippen molar-refractivity contribution in [2.24, 2.45) is 11.3 Å². The fraction of sp³-hybridized carbons (Fsp3) is 0.421. The van der Waals surface area contributed by atoms with E-state index in [9.17, 15) is 18.0 Å². The van der Waals surface area contributed by atoms with Crippen molar-refractivity contribution in [1.82, 2.24) is 10.6 Å². The van der Waals surface area contributed by atoms with E-state index < -0.39 is 17.8 Å². The van der Waals surface area contributed by atoms with Crippen molar-refractivity contribution in [1.29, 1.82) is 0 Å². The highest BCUT2D eigenvalue weighted by atomic mass is 19.4. The van der Waals surface area contributed by atoms with Crippen LogP contribution < -0.4 is 16.0 Å². The lowest BCUT2D eigenvalue weighted by Crippen LogP contribution is -2.32. The van der Waals surface area contributed by atoms with Gasteiger partial charge in [-0.15, -0.1) is 0 Å². The number of anilines is 1. The lowest BCUT2D eigenvalue weighted by atomic mass is 9.72. The van der Waals surface area contributed by atoms with Gasteiger partial charge in [-0.05, 0) is 67.6 Å². The van der Waals surface area contributed by atoms with Gasteiger partial charge in [-0.2, -0.15) is 13.2 Å². The maximum Gasteiger partial charge on any atom is 0.416 e. The first kappa shape index (κ1) is 18.5. The quantitative estimate of drug-likeness (QED) is 0.749. The average molecular weight is 365 g/mol. The lowest BCUT2D eigenvalue weighted by Gasteiger charge is -2.33. The summed E-state index contributed by atoms with van der Waals surface area (Å²) in [6.07, 6.45) is 3.62. The molecule has 0 spiro atoms. The Morgan fingerprint density at radius 2 is 1.96 bits per heavy atom. The van der Waals surface area contributed by atoms with Crippen LogP contribution in [-0.2, 0) is 6.18 Å². The molecular weight excluding hydrogens is 343 g/mol. The number of rotatable bonds is 3. The Morgan fingerprint density at radius 1 is 1.23 bits per heavy atom. The number of hydrogen-bond acceptors (Lipinski definition) is 2. The van der Waals surface area contributed by atoms with E-state index in [1.165, 1.54) is 12.1 Å². The van der Waals surface area contributed by atoms with Gasteiger partial charge in [0.25, 0.3) is 0 Å². The van der Waals surface area contributed by atoms with Crippen molar-refractivity contribution in [3.05, 3.63) is 53.8 Å². The summed E-state index contributed by atoms with van der Waals surface area (Å²) in [7, 11) is 0.